The van der Waals surface area contributed by atoms with Crippen molar-refractivity contribution in [2.45, 2.75) is 69.7 Å². The molecule has 8 aromatic rings. The molecule has 0 saturated carbocycles. The molecule has 2 aliphatic heterocycles. The van der Waals surface area contributed by atoms with E-state index in [0.717, 1.165) is 122 Å². The quantitative estimate of drug-likeness (QED) is 0.0303. The van der Waals surface area contributed by atoms with Crippen LogP contribution in [-0.4, -0.2) is 157 Å². The highest BCUT2D eigenvalue weighted by molar-refractivity contribution is 8.00. The van der Waals surface area contributed by atoms with Crippen molar-refractivity contribution in [3.05, 3.63) is 170 Å². The van der Waals surface area contributed by atoms with Crippen LogP contribution in [0.25, 0.3) is 67.8 Å². The standard InChI is InChI=1S/C66H74N6O10S2Si/c1-48-38-57-39-49(2)81-85(80-48,82-57)37-11-28-76-44-54(73)45-79-58(46-83-35-33-74-29-31-77-55-20-16-50(17-21-55)52-40-63(59-12-3-7-24-67-59)71-64(41-52)60-13-4-8-25-68-60)47-84-36-34-75-30-32-78-56-22-18-51(19-23-56)53-42-65(61-14-5-9-26-69-61)72-66(43-53)62-15-6-10-27-70-62/h3-10,12-27,40-43,48-49,54,57-58,73H,11,28-39,44-47H2,1-2H3. The molecule has 1 N–H and O–H groups in total. The number of aliphatic hydroxyl groups excluding tert-OH is 1. The average molecular weight is 1200 g/mol. The predicted octanol–water partition coefficient (Wildman–Crippen LogP) is 12.1. The highest BCUT2D eigenvalue weighted by atomic mass is 32.2. The number of hydrogen-bond donors (Lipinski definition) is 1. The number of nitrogens with zero attached hydrogens (tertiary/aromatic N) is 6. The first kappa shape index (κ1) is 61.6. The molecule has 3 atom stereocenters. The summed E-state index contributed by atoms with van der Waals surface area (Å²) in [6.07, 6.45) is 9.26. The molecule has 2 bridgehead atoms. The van der Waals surface area contributed by atoms with Crippen LogP contribution in [0.1, 0.15) is 33.1 Å². The molecule has 2 fully saturated rings. The number of aliphatic hydroxyl groups is 1. The number of aromatic nitrogens is 6. The van der Waals surface area contributed by atoms with Crippen LogP contribution in [0.15, 0.2) is 170 Å². The molecule has 8 heterocycles. The van der Waals surface area contributed by atoms with Gasteiger partial charge in [0.1, 0.15) is 30.8 Å². The maximum absolute atomic E-state index is 10.9. The zero-order chi connectivity index (χ0) is 58.3. The first-order valence-electron chi connectivity index (χ1n) is 29.2. The molecule has 0 radical (unpaired) electrons. The molecule has 16 nitrogen and oxygen atoms in total. The average Bonchev–Trinajstić information content (AvgIpc) is 3.73. The van der Waals surface area contributed by atoms with Gasteiger partial charge in [0.15, 0.2) is 0 Å². The van der Waals surface area contributed by atoms with Crippen molar-refractivity contribution in [1.82, 2.24) is 29.9 Å². The van der Waals surface area contributed by atoms with E-state index in [1.807, 2.05) is 97.1 Å². The van der Waals surface area contributed by atoms with Gasteiger partial charge >= 0.3 is 8.80 Å². The summed E-state index contributed by atoms with van der Waals surface area (Å²) in [5.74, 6) is 4.58. The topological polar surface area (TPSA) is 181 Å². The molecule has 444 valence electrons. The summed E-state index contributed by atoms with van der Waals surface area (Å²) in [6.45, 7) is 7.91. The number of ether oxygens (including phenoxy) is 6. The first-order valence-corrected chi connectivity index (χ1v) is 33.4. The Labute approximate surface area is 508 Å². The summed E-state index contributed by atoms with van der Waals surface area (Å²) in [5.41, 5.74) is 10.4. The predicted molar refractivity (Wildman–Crippen MR) is 336 cm³/mol. The van der Waals surface area contributed by atoms with Gasteiger partial charge in [-0.3, -0.25) is 19.9 Å². The Balaban J connectivity index is 0.642. The molecule has 2 saturated heterocycles. The molecule has 2 aliphatic rings. The molecule has 0 aliphatic carbocycles. The Morgan fingerprint density at radius 2 is 0.918 bits per heavy atom. The number of thioether (sulfide) groups is 2. The van der Waals surface area contributed by atoms with Crippen molar-refractivity contribution < 1.29 is 46.8 Å². The van der Waals surface area contributed by atoms with Crippen LogP contribution in [0.4, 0.5) is 0 Å². The van der Waals surface area contributed by atoms with Crippen LogP contribution in [0.2, 0.25) is 6.04 Å². The van der Waals surface area contributed by atoms with E-state index >= 15 is 0 Å². The maximum Gasteiger partial charge on any atom is 0.501 e. The smallest absolute Gasteiger partial charge is 0.491 e. The van der Waals surface area contributed by atoms with E-state index in [1.54, 1.807) is 48.3 Å². The Hall–Kier alpha value is -6.46. The van der Waals surface area contributed by atoms with Crippen LogP contribution in [0.3, 0.4) is 0 Å². The monoisotopic (exact) mass is 1200 g/mol. The molecule has 85 heavy (non-hydrogen) atoms. The molecule has 0 spiro atoms. The Morgan fingerprint density at radius 1 is 0.482 bits per heavy atom. The summed E-state index contributed by atoms with van der Waals surface area (Å²) < 4.78 is 55.2. The molecule has 3 unspecified atom stereocenters. The number of hydrogen-bond acceptors (Lipinski definition) is 18. The third-order valence-corrected chi connectivity index (χ3v) is 19.3. The highest BCUT2D eigenvalue weighted by Gasteiger charge is 2.52. The van der Waals surface area contributed by atoms with Crippen LogP contribution in [0.5, 0.6) is 11.5 Å². The fraction of sp³-hybridized carbons (Fsp3) is 0.364. The molecular weight excluding hydrogens is 1130 g/mol. The lowest BCUT2D eigenvalue weighted by Crippen LogP contribution is -2.60. The lowest BCUT2D eigenvalue weighted by atomic mass is 10.0. The van der Waals surface area contributed by atoms with Crippen molar-refractivity contribution in [3.63, 3.8) is 0 Å². The van der Waals surface area contributed by atoms with E-state index in [1.165, 1.54) is 0 Å². The summed E-state index contributed by atoms with van der Waals surface area (Å²) in [4.78, 5) is 28.0. The van der Waals surface area contributed by atoms with E-state index in [-0.39, 0.29) is 37.6 Å². The van der Waals surface area contributed by atoms with E-state index in [4.69, 9.17) is 51.7 Å². The lowest BCUT2D eigenvalue weighted by Gasteiger charge is -2.47. The number of benzene rings is 2. The van der Waals surface area contributed by atoms with Gasteiger partial charge < -0.3 is 46.8 Å². The fourth-order valence-electron chi connectivity index (χ4n) is 9.98. The Kier molecular flexibility index (Phi) is 23.4. The largest absolute Gasteiger partial charge is 0.501 e. The molecule has 2 aromatic carbocycles. The lowest BCUT2D eigenvalue weighted by molar-refractivity contribution is -0.111. The van der Waals surface area contributed by atoms with Gasteiger partial charge in [0, 0.05) is 72.7 Å². The van der Waals surface area contributed by atoms with Crippen LogP contribution in [0, 0.1) is 0 Å². The number of fused-ring (bicyclic) bond motifs is 2. The van der Waals surface area contributed by atoms with Gasteiger partial charge in [-0.25, -0.2) is 9.97 Å². The van der Waals surface area contributed by atoms with Crippen LogP contribution < -0.4 is 9.47 Å². The second-order valence-electron chi connectivity index (χ2n) is 20.8. The van der Waals surface area contributed by atoms with Crippen molar-refractivity contribution in [2.24, 2.45) is 0 Å². The van der Waals surface area contributed by atoms with Gasteiger partial charge in [-0.15, -0.1) is 0 Å². The van der Waals surface area contributed by atoms with E-state index in [2.05, 4.69) is 82.3 Å². The van der Waals surface area contributed by atoms with Gasteiger partial charge in [-0.1, -0.05) is 48.5 Å². The van der Waals surface area contributed by atoms with Gasteiger partial charge in [0.25, 0.3) is 0 Å². The molecule has 6 aromatic heterocycles. The van der Waals surface area contributed by atoms with Crippen LogP contribution in [-0.2, 0) is 32.2 Å². The number of pyridine rings is 6. The first-order chi connectivity index (χ1) is 41.8. The highest BCUT2D eigenvalue weighted by Crippen LogP contribution is 2.37. The van der Waals surface area contributed by atoms with Gasteiger partial charge in [0.05, 0.1) is 97.4 Å². The zero-order valence-corrected chi connectivity index (χ0v) is 50.8. The molecular formula is C66H74N6O10S2Si. The van der Waals surface area contributed by atoms with Crippen molar-refractivity contribution >= 4 is 32.3 Å². The van der Waals surface area contributed by atoms with Crippen molar-refractivity contribution in [1.29, 1.82) is 0 Å². The van der Waals surface area contributed by atoms with Crippen molar-refractivity contribution in [2.75, 3.05) is 82.5 Å². The Morgan fingerprint density at radius 3 is 1.33 bits per heavy atom. The van der Waals surface area contributed by atoms with Gasteiger partial charge in [-0.05, 0) is 152 Å². The second kappa shape index (κ2) is 32.3. The van der Waals surface area contributed by atoms with Crippen molar-refractivity contribution in [3.8, 4) is 79.3 Å². The maximum atomic E-state index is 10.9. The number of rotatable bonds is 33. The molecule has 0 amide bonds. The minimum atomic E-state index is -2.72. The fourth-order valence-corrected chi connectivity index (χ4v) is 15.1. The van der Waals surface area contributed by atoms with E-state index in [0.29, 0.717) is 52.3 Å². The third-order valence-electron chi connectivity index (χ3n) is 14.0. The zero-order valence-electron chi connectivity index (χ0n) is 48.2. The summed E-state index contributed by atoms with van der Waals surface area (Å²) >= 11 is 3.53. The normalized spacial score (nSPS) is 17.9. The van der Waals surface area contributed by atoms with Gasteiger partial charge in [-0.2, -0.15) is 23.5 Å². The van der Waals surface area contributed by atoms with E-state index < -0.39 is 14.9 Å². The summed E-state index contributed by atoms with van der Waals surface area (Å²) in [6, 6.07) is 48.3. The molecule has 10 rings (SSSR count). The summed E-state index contributed by atoms with van der Waals surface area (Å²) in [7, 11) is -2.72. The van der Waals surface area contributed by atoms with Crippen LogP contribution >= 0.6 is 23.5 Å². The summed E-state index contributed by atoms with van der Waals surface area (Å²) in [5, 5.41) is 10.9. The SMILES string of the molecule is CC1CC2CC(C)O[Si](CCCOCC(O)COC(CSCCOCCOc3ccc(-c4cc(-c5ccccn5)nc(-c5ccccn5)c4)cc3)CSCCOCCOc3ccc(-c4cc(-c5ccccn5)nc(-c5ccccn5)c4)cc3)(O1)O2. The van der Waals surface area contributed by atoms with Gasteiger partial charge in [0.2, 0.25) is 0 Å². The Bertz CT molecular complexity index is 2920. The third kappa shape index (κ3) is 19.0. The van der Waals surface area contributed by atoms with E-state index in [9.17, 15) is 5.11 Å². The second-order valence-corrected chi connectivity index (χ2v) is 25.6. The minimum absolute atomic E-state index is 0.0981. The minimum Gasteiger partial charge on any atom is -0.491 e. The molecule has 19 heteroatoms.